The Morgan fingerprint density at radius 2 is 1.97 bits per heavy atom. The minimum absolute atomic E-state index is 0.0135. The lowest BCUT2D eigenvalue weighted by Crippen LogP contribution is -2.58. The molecule has 4 saturated carbocycles. The van der Waals surface area contributed by atoms with E-state index in [-0.39, 0.29) is 39.6 Å². The predicted molar refractivity (Wildman–Crippen MR) is 140 cm³/mol. The number of carbonyl (C=O) groups is 1. The van der Waals surface area contributed by atoms with E-state index >= 15 is 0 Å². The summed E-state index contributed by atoms with van der Waals surface area (Å²) in [6.07, 6.45) is 9.14. The van der Waals surface area contributed by atoms with E-state index in [0.717, 1.165) is 58.0 Å². The second-order valence-corrected chi connectivity index (χ2v) is 13.5. The van der Waals surface area contributed by atoms with Crippen molar-refractivity contribution in [2.75, 3.05) is 13.7 Å². The monoisotopic (exact) mass is 531 g/mol. The van der Waals surface area contributed by atoms with E-state index in [9.17, 15) is 14.3 Å². The molecule has 2 aromatic rings. The van der Waals surface area contributed by atoms with Gasteiger partial charge >= 0.3 is 0 Å². The number of carbonyl (C=O) groups excluding carboxylic acids is 1. The van der Waals surface area contributed by atoms with E-state index in [1.54, 1.807) is 6.07 Å². The summed E-state index contributed by atoms with van der Waals surface area (Å²) in [5.41, 5.74) is 0.138. The third-order valence-corrected chi connectivity index (χ3v) is 11.6. The SMILES string of the molecule is COC[C@]12CC[C@@](C)(O)C[C@H]1CC[C@H]1[C@@H]3CC[C@H](C(=O)Cn4nnc5ccc(Cl)c(F)c54)[C@@]3(C)CC[C@@H]12. The molecule has 37 heavy (non-hydrogen) atoms. The average molecular weight is 532 g/mol. The molecule has 1 N–H and O–H groups in total. The van der Waals surface area contributed by atoms with Crippen molar-refractivity contribution in [3.8, 4) is 0 Å². The molecule has 202 valence electrons. The van der Waals surface area contributed by atoms with Crippen molar-refractivity contribution in [1.82, 2.24) is 15.0 Å². The molecule has 0 saturated heterocycles. The van der Waals surface area contributed by atoms with E-state index < -0.39 is 11.4 Å². The first-order chi connectivity index (χ1) is 17.6. The third-order valence-electron chi connectivity index (χ3n) is 11.3. The normalized spacial score (nSPS) is 41.3. The number of hydrogen-bond donors (Lipinski definition) is 1. The van der Waals surface area contributed by atoms with Gasteiger partial charge in [-0.25, -0.2) is 9.07 Å². The maximum Gasteiger partial charge on any atom is 0.169 e. The quantitative estimate of drug-likeness (QED) is 0.525. The minimum atomic E-state index is -0.571. The fourth-order valence-corrected chi connectivity index (χ4v) is 9.84. The van der Waals surface area contributed by atoms with Gasteiger partial charge in [0.2, 0.25) is 0 Å². The number of nitrogens with zero attached hydrogens (tertiary/aromatic N) is 3. The lowest BCUT2D eigenvalue weighted by molar-refractivity contribution is -0.175. The van der Waals surface area contributed by atoms with Crippen LogP contribution in [0.1, 0.15) is 71.6 Å². The first-order valence-electron chi connectivity index (χ1n) is 14.0. The zero-order valence-electron chi connectivity index (χ0n) is 22.2. The summed E-state index contributed by atoms with van der Waals surface area (Å²) in [6.45, 7) is 5.13. The van der Waals surface area contributed by atoms with Gasteiger partial charge in [-0.3, -0.25) is 4.79 Å². The maximum absolute atomic E-state index is 14.8. The van der Waals surface area contributed by atoms with Gasteiger partial charge < -0.3 is 9.84 Å². The van der Waals surface area contributed by atoms with Gasteiger partial charge in [-0.2, -0.15) is 0 Å². The number of methoxy groups -OCH3 is 1. The molecule has 0 spiro atoms. The van der Waals surface area contributed by atoms with Crippen molar-refractivity contribution in [1.29, 1.82) is 0 Å². The molecule has 0 aliphatic heterocycles. The first-order valence-corrected chi connectivity index (χ1v) is 14.4. The van der Waals surface area contributed by atoms with Gasteiger partial charge in [0, 0.05) is 13.0 Å². The molecule has 1 aromatic heterocycles. The summed E-state index contributed by atoms with van der Waals surface area (Å²) < 4.78 is 22.0. The number of Topliss-reactive ketones (excluding diaryl/α,β-unsaturated/α-hetero) is 1. The molecule has 4 aliphatic carbocycles. The lowest BCUT2D eigenvalue weighted by atomic mass is 9.43. The first kappa shape index (κ1) is 25.7. The lowest BCUT2D eigenvalue weighted by Gasteiger charge is -2.62. The Labute approximate surface area is 223 Å². The molecule has 1 heterocycles. The number of aromatic nitrogens is 3. The van der Waals surface area contributed by atoms with Crippen LogP contribution < -0.4 is 0 Å². The van der Waals surface area contributed by atoms with Crippen LogP contribution in [0.4, 0.5) is 4.39 Å². The highest BCUT2D eigenvalue weighted by atomic mass is 35.5. The molecule has 4 aliphatic rings. The van der Waals surface area contributed by atoms with E-state index in [0.29, 0.717) is 29.2 Å². The van der Waals surface area contributed by atoms with Gasteiger partial charge in [-0.1, -0.05) is 23.7 Å². The fraction of sp³-hybridized carbons (Fsp3) is 0.759. The highest BCUT2D eigenvalue weighted by Crippen LogP contribution is 2.68. The smallest absolute Gasteiger partial charge is 0.169 e. The summed E-state index contributed by atoms with van der Waals surface area (Å²) in [6, 6.07) is 3.11. The molecule has 4 fully saturated rings. The van der Waals surface area contributed by atoms with Crippen molar-refractivity contribution < 1.29 is 19.0 Å². The van der Waals surface area contributed by atoms with E-state index in [2.05, 4.69) is 17.2 Å². The molecule has 0 radical (unpaired) electrons. The zero-order chi connectivity index (χ0) is 26.2. The number of ether oxygens (including phenoxy) is 1. The maximum atomic E-state index is 14.8. The van der Waals surface area contributed by atoms with Crippen LogP contribution in [0.15, 0.2) is 12.1 Å². The highest BCUT2D eigenvalue weighted by molar-refractivity contribution is 6.31. The van der Waals surface area contributed by atoms with Crippen molar-refractivity contribution in [3.63, 3.8) is 0 Å². The van der Waals surface area contributed by atoms with Crippen LogP contribution in [0, 0.1) is 46.2 Å². The van der Waals surface area contributed by atoms with Crippen molar-refractivity contribution in [2.24, 2.45) is 40.4 Å². The molecule has 0 amide bonds. The molecule has 8 heteroatoms. The van der Waals surface area contributed by atoms with Crippen LogP contribution in [0.25, 0.3) is 11.0 Å². The topological polar surface area (TPSA) is 77.2 Å². The number of benzene rings is 1. The second kappa shape index (κ2) is 8.99. The van der Waals surface area contributed by atoms with E-state index in [1.807, 2.05) is 14.0 Å². The highest BCUT2D eigenvalue weighted by Gasteiger charge is 2.63. The Kier molecular flexibility index (Phi) is 6.24. The van der Waals surface area contributed by atoms with Gasteiger partial charge in [0.15, 0.2) is 11.6 Å². The Morgan fingerprint density at radius 3 is 2.76 bits per heavy atom. The number of hydrogen-bond acceptors (Lipinski definition) is 5. The summed E-state index contributed by atoms with van der Waals surface area (Å²) in [5.74, 6) is 1.70. The van der Waals surface area contributed by atoms with Gasteiger partial charge in [0.05, 0.1) is 17.2 Å². The second-order valence-electron chi connectivity index (χ2n) is 13.1. The van der Waals surface area contributed by atoms with Crippen LogP contribution in [-0.4, -0.2) is 45.2 Å². The molecule has 6 rings (SSSR count). The Hall–Kier alpha value is -1.57. The molecule has 6 nitrogen and oxygen atoms in total. The number of ketones is 1. The molecule has 0 unspecified atom stereocenters. The van der Waals surface area contributed by atoms with Gasteiger partial charge in [0.1, 0.15) is 17.6 Å². The van der Waals surface area contributed by atoms with Crippen LogP contribution >= 0.6 is 11.6 Å². The molecule has 8 atom stereocenters. The van der Waals surface area contributed by atoms with Crippen molar-refractivity contribution in [2.45, 2.75) is 83.8 Å². The van der Waals surface area contributed by atoms with Crippen LogP contribution in [0.5, 0.6) is 0 Å². The largest absolute Gasteiger partial charge is 0.390 e. The predicted octanol–water partition coefficient (Wildman–Crippen LogP) is 5.83. The summed E-state index contributed by atoms with van der Waals surface area (Å²) in [5, 5.41) is 19.0. The third kappa shape index (κ3) is 3.89. The van der Waals surface area contributed by atoms with Gasteiger partial charge in [-0.05, 0) is 111 Å². The number of halogens is 2. The van der Waals surface area contributed by atoms with Crippen molar-refractivity contribution >= 4 is 28.4 Å². The summed E-state index contributed by atoms with van der Waals surface area (Å²) in [7, 11) is 1.82. The molecule has 1 aromatic carbocycles. The number of rotatable bonds is 5. The summed E-state index contributed by atoms with van der Waals surface area (Å²) in [4.78, 5) is 13.7. The Morgan fingerprint density at radius 1 is 1.16 bits per heavy atom. The average Bonchev–Trinajstić information content (AvgIpc) is 3.42. The summed E-state index contributed by atoms with van der Waals surface area (Å²) >= 11 is 6.00. The van der Waals surface area contributed by atoms with Crippen LogP contribution in [0.2, 0.25) is 5.02 Å². The molecular formula is C29H39ClFN3O3. The molecule has 0 bridgehead atoms. The fourth-order valence-electron chi connectivity index (χ4n) is 9.68. The Balaban J connectivity index is 1.25. The van der Waals surface area contributed by atoms with Gasteiger partial charge in [0.25, 0.3) is 0 Å². The zero-order valence-corrected chi connectivity index (χ0v) is 22.9. The standard InChI is InChI=1S/C29H39ClFN3O3/c1-27(36)12-13-29(16-37-3)17(14-27)4-5-18-19-6-7-21(28(19,2)11-10-20(18)29)24(35)15-34-26-23(32-33-34)9-8-22(30)25(26)31/h8-9,17-21,36H,4-7,10-16H2,1-3H3/t17-,18+,19+,20+,21-,27-,28+,29-/m1/s1. The van der Waals surface area contributed by atoms with Crippen molar-refractivity contribution in [3.05, 3.63) is 23.0 Å². The van der Waals surface area contributed by atoms with E-state index in [1.165, 1.54) is 17.2 Å². The minimum Gasteiger partial charge on any atom is -0.390 e. The van der Waals surface area contributed by atoms with E-state index in [4.69, 9.17) is 16.3 Å². The van der Waals surface area contributed by atoms with Crippen LogP contribution in [-0.2, 0) is 16.1 Å². The molecular weight excluding hydrogens is 493 g/mol. The number of aliphatic hydroxyl groups is 1. The van der Waals surface area contributed by atoms with Crippen LogP contribution in [0.3, 0.4) is 0 Å². The Bertz CT molecular complexity index is 1220. The van der Waals surface area contributed by atoms with Gasteiger partial charge in [-0.15, -0.1) is 5.10 Å². The number of fused-ring (bicyclic) bond motifs is 6.